The predicted octanol–water partition coefficient (Wildman–Crippen LogP) is 4.13. The van der Waals surface area contributed by atoms with Gasteiger partial charge in [0.25, 0.3) is 0 Å². The Kier molecular flexibility index (Phi) is 6.16. The fourth-order valence-electron chi connectivity index (χ4n) is 2.91. The van der Waals surface area contributed by atoms with Crippen molar-refractivity contribution in [1.29, 1.82) is 0 Å². The van der Waals surface area contributed by atoms with E-state index < -0.39 is 0 Å². The van der Waals surface area contributed by atoms with Gasteiger partial charge in [0.1, 0.15) is 0 Å². The van der Waals surface area contributed by atoms with Gasteiger partial charge in [-0.15, -0.1) is 0 Å². The van der Waals surface area contributed by atoms with Crippen LogP contribution in [-0.4, -0.2) is 17.3 Å². The Labute approximate surface area is 120 Å². The molecule has 2 unspecified atom stereocenters. The first-order valence-electron chi connectivity index (χ1n) is 7.24. The molecule has 0 radical (unpaired) electrons. The Morgan fingerprint density at radius 2 is 2.06 bits per heavy atom. The Balaban J connectivity index is 2.40. The summed E-state index contributed by atoms with van der Waals surface area (Å²) in [5.74, 6) is 1.12. The number of alkyl halides is 1. The number of halogens is 1. The Morgan fingerprint density at radius 3 is 2.61 bits per heavy atom. The lowest BCUT2D eigenvalue weighted by Crippen LogP contribution is -2.42. The van der Waals surface area contributed by atoms with Gasteiger partial charge in [-0.3, -0.25) is 4.79 Å². The molecule has 0 aromatic rings. The van der Waals surface area contributed by atoms with Gasteiger partial charge in [-0.25, -0.2) is 0 Å². The Morgan fingerprint density at radius 1 is 1.39 bits per heavy atom. The number of carbonyl (C=O) groups is 1. The van der Waals surface area contributed by atoms with Crippen molar-refractivity contribution >= 4 is 21.8 Å². The van der Waals surface area contributed by atoms with E-state index in [1.54, 1.807) is 0 Å². The lowest BCUT2D eigenvalue weighted by atomic mass is 9.68. The molecule has 2 nitrogen and oxygen atoms in total. The van der Waals surface area contributed by atoms with Crippen molar-refractivity contribution in [3.8, 4) is 0 Å². The normalized spacial score (nSPS) is 24.9. The average molecular weight is 318 g/mol. The molecule has 0 aromatic heterocycles. The van der Waals surface area contributed by atoms with Crippen molar-refractivity contribution < 1.29 is 4.79 Å². The number of carbonyl (C=O) groups excluding carboxylic acids is 1. The fraction of sp³-hybridized carbons (Fsp3) is 0.933. The van der Waals surface area contributed by atoms with E-state index in [0.717, 1.165) is 19.4 Å². The third-order valence-corrected chi connectivity index (χ3v) is 4.75. The van der Waals surface area contributed by atoms with Gasteiger partial charge in [0, 0.05) is 17.3 Å². The van der Waals surface area contributed by atoms with Crippen LogP contribution in [0.15, 0.2) is 0 Å². The minimum atomic E-state index is 0.169. The molecule has 2 atom stereocenters. The maximum Gasteiger partial charge on any atom is 0.223 e. The third kappa shape index (κ3) is 4.91. The molecule has 1 rings (SSSR count). The second kappa shape index (κ2) is 6.93. The van der Waals surface area contributed by atoms with Gasteiger partial charge < -0.3 is 5.32 Å². The largest absolute Gasteiger partial charge is 0.355 e. The van der Waals surface area contributed by atoms with Crippen LogP contribution in [-0.2, 0) is 4.79 Å². The molecule has 0 heterocycles. The first-order valence-corrected chi connectivity index (χ1v) is 8.16. The summed E-state index contributed by atoms with van der Waals surface area (Å²) < 4.78 is 0. The van der Waals surface area contributed by atoms with E-state index in [1.165, 1.54) is 19.3 Å². The molecule has 18 heavy (non-hydrogen) atoms. The summed E-state index contributed by atoms with van der Waals surface area (Å²) in [6.45, 7) is 9.64. The van der Waals surface area contributed by atoms with Crippen LogP contribution in [0.1, 0.15) is 59.8 Å². The molecule has 1 saturated carbocycles. The fourth-order valence-corrected chi connectivity index (χ4v) is 3.82. The monoisotopic (exact) mass is 317 g/mol. The van der Waals surface area contributed by atoms with Gasteiger partial charge in [0.15, 0.2) is 0 Å². The van der Waals surface area contributed by atoms with Crippen molar-refractivity contribution in [2.24, 2.45) is 17.3 Å². The van der Waals surface area contributed by atoms with Crippen LogP contribution in [0.4, 0.5) is 0 Å². The highest BCUT2D eigenvalue weighted by Gasteiger charge is 2.36. The van der Waals surface area contributed by atoms with Crippen molar-refractivity contribution in [3.05, 3.63) is 0 Å². The van der Waals surface area contributed by atoms with Crippen LogP contribution >= 0.6 is 15.9 Å². The lowest BCUT2D eigenvalue weighted by molar-refractivity contribution is -0.130. The van der Waals surface area contributed by atoms with E-state index in [1.807, 2.05) is 0 Å². The summed E-state index contributed by atoms with van der Waals surface area (Å²) in [6, 6.07) is 0. The highest BCUT2D eigenvalue weighted by Crippen LogP contribution is 2.40. The number of hydrogen-bond acceptors (Lipinski definition) is 1. The standard InChI is InChI=1S/C15H28BrNO/c1-11(2)9-12(16)10-17-14(18)13-7-5-6-8-15(13,3)4/h11-13H,5-10H2,1-4H3,(H,17,18). The van der Waals surface area contributed by atoms with Crippen LogP contribution in [0.2, 0.25) is 0 Å². The van der Waals surface area contributed by atoms with E-state index in [-0.39, 0.29) is 17.2 Å². The molecule has 1 aliphatic rings. The molecule has 1 amide bonds. The molecular weight excluding hydrogens is 290 g/mol. The van der Waals surface area contributed by atoms with Crippen molar-refractivity contribution in [2.75, 3.05) is 6.54 Å². The van der Waals surface area contributed by atoms with Gasteiger partial charge in [-0.2, -0.15) is 0 Å². The maximum absolute atomic E-state index is 12.3. The van der Waals surface area contributed by atoms with Gasteiger partial charge in [-0.05, 0) is 30.6 Å². The molecule has 106 valence electrons. The predicted molar refractivity (Wildman–Crippen MR) is 80.9 cm³/mol. The first kappa shape index (κ1) is 16.0. The van der Waals surface area contributed by atoms with Crippen molar-refractivity contribution in [3.63, 3.8) is 0 Å². The van der Waals surface area contributed by atoms with E-state index >= 15 is 0 Å². The molecule has 3 heteroatoms. The SMILES string of the molecule is CC(C)CC(Br)CNC(=O)C1CCCCC1(C)C. The number of nitrogens with one attached hydrogen (secondary N) is 1. The topological polar surface area (TPSA) is 29.1 Å². The third-order valence-electron chi connectivity index (χ3n) is 4.05. The average Bonchev–Trinajstić information content (AvgIpc) is 2.24. The second-order valence-corrected chi connectivity index (χ2v) is 8.05. The zero-order valence-electron chi connectivity index (χ0n) is 12.3. The van der Waals surface area contributed by atoms with Crippen molar-refractivity contribution in [2.45, 2.75) is 64.6 Å². The summed E-state index contributed by atoms with van der Waals surface area (Å²) >= 11 is 3.64. The van der Waals surface area contributed by atoms with E-state index in [0.29, 0.717) is 10.7 Å². The lowest BCUT2D eigenvalue weighted by Gasteiger charge is -2.37. The summed E-state index contributed by atoms with van der Waals surface area (Å²) in [7, 11) is 0. The van der Waals surface area contributed by atoms with Crippen LogP contribution in [0.5, 0.6) is 0 Å². The summed E-state index contributed by atoms with van der Waals surface area (Å²) in [5, 5.41) is 3.13. The first-order chi connectivity index (χ1) is 8.33. The highest BCUT2D eigenvalue weighted by atomic mass is 79.9. The van der Waals surface area contributed by atoms with E-state index in [4.69, 9.17) is 0 Å². The maximum atomic E-state index is 12.3. The van der Waals surface area contributed by atoms with Gasteiger partial charge in [0.05, 0.1) is 0 Å². The van der Waals surface area contributed by atoms with Gasteiger partial charge in [-0.1, -0.05) is 56.5 Å². The smallest absolute Gasteiger partial charge is 0.223 e. The molecule has 1 fully saturated rings. The molecule has 0 bridgehead atoms. The van der Waals surface area contributed by atoms with Gasteiger partial charge in [0.2, 0.25) is 5.91 Å². The van der Waals surface area contributed by atoms with Gasteiger partial charge >= 0.3 is 0 Å². The molecule has 0 aliphatic heterocycles. The van der Waals surface area contributed by atoms with Crippen molar-refractivity contribution in [1.82, 2.24) is 5.32 Å². The number of hydrogen-bond donors (Lipinski definition) is 1. The molecular formula is C15H28BrNO. The second-order valence-electron chi connectivity index (χ2n) is 6.76. The van der Waals surface area contributed by atoms with E-state index in [2.05, 4.69) is 48.9 Å². The number of rotatable bonds is 5. The minimum absolute atomic E-state index is 0.169. The zero-order chi connectivity index (χ0) is 13.8. The minimum Gasteiger partial charge on any atom is -0.355 e. The molecule has 1 aliphatic carbocycles. The van der Waals surface area contributed by atoms with Crippen LogP contribution < -0.4 is 5.32 Å². The Bertz CT molecular complexity index is 276. The van der Waals surface area contributed by atoms with Crippen LogP contribution in [0.25, 0.3) is 0 Å². The molecule has 1 N–H and O–H groups in total. The summed E-state index contributed by atoms with van der Waals surface area (Å²) in [5.41, 5.74) is 0.169. The summed E-state index contributed by atoms with van der Waals surface area (Å²) in [4.78, 5) is 12.7. The van der Waals surface area contributed by atoms with Crippen LogP contribution in [0.3, 0.4) is 0 Å². The quantitative estimate of drug-likeness (QED) is 0.759. The Hall–Kier alpha value is -0.0500. The molecule has 0 saturated heterocycles. The van der Waals surface area contributed by atoms with E-state index in [9.17, 15) is 4.79 Å². The van der Waals surface area contributed by atoms with Crippen LogP contribution in [0, 0.1) is 17.3 Å². The molecule has 0 spiro atoms. The highest BCUT2D eigenvalue weighted by molar-refractivity contribution is 9.09. The number of amides is 1. The zero-order valence-corrected chi connectivity index (χ0v) is 13.8. The summed E-state index contributed by atoms with van der Waals surface area (Å²) in [6.07, 6.45) is 5.80. The molecule has 0 aromatic carbocycles.